The number of benzene rings is 2. The van der Waals surface area contributed by atoms with Crippen LogP contribution in [0.3, 0.4) is 0 Å². The van der Waals surface area contributed by atoms with Crippen molar-refractivity contribution in [2.45, 2.75) is 25.9 Å². The number of fused-ring (bicyclic) bond motifs is 1. The quantitative estimate of drug-likeness (QED) is 0.670. The molecular formula is C21H25ClN2O6S. The van der Waals surface area contributed by atoms with Gasteiger partial charge in [-0.1, -0.05) is 17.7 Å². The number of halogens is 1. The number of nitrogens with zero attached hydrogens (tertiary/aromatic N) is 1. The number of methoxy groups -OCH3 is 1. The fourth-order valence-electron chi connectivity index (χ4n) is 3.35. The van der Waals surface area contributed by atoms with Gasteiger partial charge >= 0.3 is 0 Å². The molecule has 2 aromatic carbocycles. The number of rotatable bonds is 7. The van der Waals surface area contributed by atoms with Crippen LogP contribution >= 0.6 is 11.6 Å². The maximum absolute atomic E-state index is 13.0. The molecule has 168 valence electrons. The van der Waals surface area contributed by atoms with Gasteiger partial charge in [0.05, 0.1) is 30.1 Å². The molecule has 1 aliphatic rings. The Balaban J connectivity index is 1.81. The van der Waals surface area contributed by atoms with Gasteiger partial charge in [0, 0.05) is 0 Å². The molecule has 0 radical (unpaired) electrons. The number of hydrogen-bond donors (Lipinski definition) is 1. The van der Waals surface area contributed by atoms with Crippen molar-refractivity contribution in [1.29, 1.82) is 0 Å². The summed E-state index contributed by atoms with van der Waals surface area (Å²) in [4.78, 5) is 13.0. The molecule has 1 aliphatic heterocycles. The highest BCUT2D eigenvalue weighted by Crippen LogP contribution is 2.33. The highest BCUT2D eigenvalue weighted by Gasteiger charge is 2.30. The van der Waals surface area contributed by atoms with Crippen molar-refractivity contribution in [3.63, 3.8) is 0 Å². The lowest BCUT2D eigenvalue weighted by Crippen LogP contribution is -2.48. The van der Waals surface area contributed by atoms with E-state index in [1.54, 1.807) is 18.2 Å². The Labute approximate surface area is 187 Å². The summed E-state index contributed by atoms with van der Waals surface area (Å²) in [5, 5.41) is 3.10. The Morgan fingerprint density at radius 1 is 1.13 bits per heavy atom. The van der Waals surface area contributed by atoms with E-state index in [0.717, 1.165) is 16.1 Å². The molecular weight excluding hydrogens is 444 g/mol. The molecule has 1 heterocycles. The van der Waals surface area contributed by atoms with Gasteiger partial charge in [0.2, 0.25) is 15.9 Å². The smallest absolute Gasteiger partial charge is 0.244 e. The molecule has 31 heavy (non-hydrogen) atoms. The summed E-state index contributed by atoms with van der Waals surface area (Å²) in [5.41, 5.74) is 1.08. The van der Waals surface area contributed by atoms with E-state index < -0.39 is 22.0 Å². The van der Waals surface area contributed by atoms with Crippen molar-refractivity contribution in [2.75, 3.05) is 30.9 Å². The summed E-state index contributed by atoms with van der Waals surface area (Å²) in [6.07, 6.45) is 1.04. The van der Waals surface area contributed by atoms with Crippen LogP contribution in [0.15, 0.2) is 36.4 Å². The zero-order valence-electron chi connectivity index (χ0n) is 17.7. The minimum absolute atomic E-state index is 0.242. The first-order valence-electron chi connectivity index (χ1n) is 9.64. The average molecular weight is 469 g/mol. The zero-order chi connectivity index (χ0) is 22.8. The van der Waals surface area contributed by atoms with E-state index in [4.69, 9.17) is 25.8 Å². The molecule has 0 aliphatic carbocycles. The Bertz CT molecular complexity index is 1080. The first-order chi connectivity index (χ1) is 14.6. The van der Waals surface area contributed by atoms with E-state index in [0.29, 0.717) is 30.5 Å². The summed E-state index contributed by atoms with van der Waals surface area (Å²) < 4.78 is 42.3. The molecule has 0 saturated heterocycles. The maximum Gasteiger partial charge on any atom is 0.244 e. The van der Waals surface area contributed by atoms with Crippen molar-refractivity contribution in [2.24, 2.45) is 0 Å². The summed E-state index contributed by atoms with van der Waals surface area (Å²) in [7, 11) is -2.31. The van der Waals surface area contributed by atoms with Gasteiger partial charge in [-0.3, -0.25) is 9.10 Å². The SMILES string of the molecule is COc1ccc(N([C@@H](C)C(=O)N[C@H](C)c2ccc3c(c2)OCCO3)S(C)(=O)=O)cc1Cl. The van der Waals surface area contributed by atoms with Gasteiger partial charge in [-0.15, -0.1) is 0 Å². The summed E-state index contributed by atoms with van der Waals surface area (Å²) in [5.74, 6) is 1.22. The molecule has 0 bridgehead atoms. The Morgan fingerprint density at radius 3 is 2.42 bits per heavy atom. The van der Waals surface area contributed by atoms with Crippen LogP contribution in [0, 0.1) is 0 Å². The Morgan fingerprint density at radius 2 is 1.81 bits per heavy atom. The number of amides is 1. The molecule has 0 aromatic heterocycles. The van der Waals surface area contributed by atoms with Crippen LogP contribution in [0.5, 0.6) is 17.2 Å². The molecule has 2 aromatic rings. The van der Waals surface area contributed by atoms with E-state index in [9.17, 15) is 13.2 Å². The predicted molar refractivity (Wildman–Crippen MR) is 119 cm³/mol. The van der Waals surface area contributed by atoms with Gasteiger partial charge in [-0.25, -0.2) is 8.42 Å². The second kappa shape index (κ2) is 9.23. The van der Waals surface area contributed by atoms with Crippen molar-refractivity contribution >= 4 is 33.2 Å². The van der Waals surface area contributed by atoms with Gasteiger partial charge in [0.15, 0.2) is 11.5 Å². The van der Waals surface area contributed by atoms with Crippen LogP contribution in [0.25, 0.3) is 0 Å². The fraction of sp³-hybridized carbons (Fsp3) is 0.381. The summed E-state index contributed by atoms with van der Waals surface area (Å²) in [6, 6.07) is 8.58. The van der Waals surface area contributed by atoms with Gasteiger partial charge in [-0.2, -0.15) is 0 Å². The van der Waals surface area contributed by atoms with Crippen molar-refractivity contribution in [1.82, 2.24) is 5.32 Å². The van der Waals surface area contributed by atoms with Crippen LogP contribution in [-0.2, 0) is 14.8 Å². The van der Waals surface area contributed by atoms with E-state index in [1.165, 1.54) is 20.1 Å². The lowest BCUT2D eigenvalue weighted by molar-refractivity contribution is -0.122. The molecule has 3 rings (SSSR count). The highest BCUT2D eigenvalue weighted by atomic mass is 35.5. The zero-order valence-corrected chi connectivity index (χ0v) is 19.3. The molecule has 1 N–H and O–H groups in total. The van der Waals surface area contributed by atoms with Gasteiger partial charge in [-0.05, 0) is 49.7 Å². The van der Waals surface area contributed by atoms with E-state index in [1.807, 2.05) is 19.1 Å². The standard InChI is InChI=1S/C21H25ClN2O6S/c1-13(15-5-7-19-20(11-15)30-10-9-29-19)23-21(25)14(2)24(31(4,26)27)16-6-8-18(28-3)17(22)12-16/h5-8,11-14H,9-10H2,1-4H3,(H,23,25)/t13-,14+/m1/s1. The maximum atomic E-state index is 13.0. The second-order valence-corrected chi connectivity index (χ2v) is 9.45. The highest BCUT2D eigenvalue weighted by molar-refractivity contribution is 7.92. The molecule has 0 saturated carbocycles. The second-order valence-electron chi connectivity index (χ2n) is 7.19. The monoisotopic (exact) mass is 468 g/mol. The van der Waals surface area contributed by atoms with Crippen molar-refractivity contribution in [3.05, 3.63) is 47.0 Å². The van der Waals surface area contributed by atoms with E-state index in [2.05, 4.69) is 5.32 Å². The Kier molecular flexibility index (Phi) is 6.86. The number of carbonyl (C=O) groups excluding carboxylic acids is 1. The molecule has 0 unspecified atom stereocenters. The minimum Gasteiger partial charge on any atom is -0.495 e. The third-order valence-electron chi connectivity index (χ3n) is 4.90. The number of ether oxygens (including phenoxy) is 3. The molecule has 2 atom stereocenters. The molecule has 10 heteroatoms. The average Bonchev–Trinajstić information content (AvgIpc) is 2.72. The number of carbonyl (C=O) groups is 1. The number of nitrogens with one attached hydrogen (secondary N) is 1. The summed E-state index contributed by atoms with van der Waals surface area (Å²) in [6.45, 7) is 4.28. The molecule has 1 amide bonds. The van der Waals surface area contributed by atoms with Crippen molar-refractivity contribution in [3.8, 4) is 17.2 Å². The van der Waals surface area contributed by atoms with Gasteiger partial charge in [0.1, 0.15) is 25.0 Å². The lowest BCUT2D eigenvalue weighted by atomic mass is 10.1. The topological polar surface area (TPSA) is 94.2 Å². The molecule has 8 nitrogen and oxygen atoms in total. The number of anilines is 1. The number of hydrogen-bond acceptors (Lipinski definition) is 6. The normalized spacial score (nSPS) is 15.0. The first kappa shape index (κ1) is 23.0. The first-order valence-corrected chi connectivity index (χ1v) is 11.9. The van der Waals surface area contributed by atoms with Crippen LogP contribution in [0.2, 0.25) is 5.02 Å². The van der Waals surface area contributed by atoms with E-state index in [-0.39, 0.29) is 16.8 Å². The fourth-order valence-corrected chi connectivity index (χ4v) is 4.77. The van der Waals surface area contributed by atoms with Crippen LogP contribution in [0.1, 0.15) is 25.5 Å². The molecule has 0 spiro atoms. The van der Waals surface area contributed by atoms with Crippen LogP contribution in [-0.4, -0.2) is 46.9 Å². The molecule has 0 fully saturated rings. The predicted octanol–water partition coefficient (Wildman–Crippen LogP) is 3.15. The van der Waals surface area contributed by atoms with Crippen LogP contribution in [0.4, 0.5) is 5.69 Å². The third kappa shape index (κ3) is 5.16. The largest absolute Gasteiger partial charge is 0.495 e. The lowest BCUT2D eigenvalue weighted by Gasteiger charge is -2.29. The third-order valence-corrected chi connectivity index (χ3v) is 6.44. The van der Waals surface area contributed by atoms with Crippen molar-refractivity contribution < 1.29 is 27.4 Å². The van der Waals surface area contributed by atoms with Crippen LogP contribution < -0.4 is 23.8 Å². The van der Waals surface area contributed by atoms with Gasteiger partial charge < -0.3 is 19.5 Å². The minimum atomic E-state index is -3.77. The van der Waals surface area contributed by atoms with E-state index >= 15 is 0 Å². The Hall–Kier alpha value is -2.65. The van der Waals surface area contributed by atoms with Gasteiger partial charge in [0.25, 0.3) is 0 Å². The summed E-state index contributed by atoms with van der Waals surface area (Å²) >= 11 is 6.16. The number of sulfonamides is 1.